The van der Waals surface area contributed by atoms with Crippen molar-refractivity contribution in [2.24, 2.45) is 5.73 Å². The molecule has 0 radical (unpaired) electrons. The first-order chi connectivity index (χ1) is 9.08. The summed E-state index contributed by atoms with van der Waals surface area (Å²) in [5, 5.41) is 0. The second-order valence-electron chi connectivity index (χ2n) is 4.61. The van der Waals surface area contributed by atoms with Crippen LogP contribution in [-0.4, -0.2) is 31.5 Å². The highest BCUT2D eigenvalue weighted by molar-refractivity contribution is 7.89. The largest absolute Gasteiger partial charge is 0.402 e. The summed E-state index contributed by atoms with van der Waals surface area (Å²) >= 11 is 0. The number of rotatable bonds is 5. The molecule has 20 heavy (non-hydrogen) atoms. The first-order valence-electron chi connectivity index (χ1n) is 5.95. The average Bonchev–Trinajstić information content (AvgIpc) is 2.34. The van der Waals surface area contributed by atoms with Crippen LogP contribution in [0.1, 0.15) is 19.4 Å². The zero-order valence-corrected chi connectivity index (χ0v) is 12.0. The molecule has 1 aromatic rings. The highest BCUT2D eigenvalue weighted by Crippen LogP contribution is 2.24. The number of hydrogen-bond acceptors (Lipinski definition) is 3. The van der Waals surface area contributed by atoms with Crippen LogP contribution in [-0.2, 0) is 16.6 Å². The van der Waals surface area contributed by atoms with Gasteiger partial charge in [-0.1, -0.05) is 12.1 Å². The molecule has 1 rings (SSSR count). The van der Waals surface area contributed by atoms with Gasteiger partial charge in [0, 0.05) is 12.6 Å². The number of alkyl halides is 3. The molecule has 114 valence electrons. The van der Waals surface area contributed by atoms with E-state index in [1.807, 2.05) is 0 Å². The van der Waals surface area contributed by atoms with Gasteiger partial charge in [-0.05, 0) is 31.5 Å². The van der Waals surface area contributed by atoms with Crippen molar-refractivity contribution in [3.8, 4) is 0 Å². The molecular weight excluding hydrogens is 293 g/mol. The molecule has 0 bridgehead atoms. The SMILES string of the molecule is CC(C)N(CC(F)(F)F)S(=O)(=O)c1ccc(CN)cc1. The molecule has 0 aromatic heterocycles. The summed E-state index contributed by atoms with van der Waals surface area (Å²) in [6.07, 6.45) is -4.59. The van der Waals surface area contributed by atoms with Crippen molar-refractivity contribution in [3.63, 3.8) is 0 Å². The fourth-order valence-corrected chi connectivity index (χ4v) is 3.28. The van der Waals surface area contributed by atoms with Crippen molar-refractivity contribution in [1.29, 1.82) is 0 Å². The predicted octanol–water partition coefficient (Wildman–Crippen LogP) is 2.11. The lowest BCUT2D eigenvalue weighted by Crippen LogP contribution is -2.43. The van der Waals surface area contributed by atoms with E-state index in [-0.39, 0.29) is 11.4 Å². The molecule has 0 amide bonds. The van der Waals surface area contributed by atoms with Crippen LogP contribution in [0.3, 0.4) is 0 Å². The molecule has 4 nitrogen and oxygen atoms in total. The van der Waals surface area contributed by atoms with Gasteiger partial charge in [0.1, 0.15) is 6.54 Å². The Morgan fingerprint density at radius 1 is 1.20 bits per heavy atom. The Bertz CT molecular complexity index is 539. The topological polar surface area (TPSA) is 63.4 Å². The minimum atomic E-state index is -4.59. The van der Waals surface area contributed by atoms with Gasteiger partial charge in [0.15, 0.2) is 0 Å². The van der Waals surface area contributed by atoms with E-state index < -0.39 is 28.8 Å². The number of benzene rings is 1. The fraction of sp³-hybridized carbons (Fsp3) is 0.500. The quantitative estimate of drug-likeness (QED) is 0.906. The maximum absolute atomic E-state index is 12.5. The average molecular weight is 310 g/mol. The monoisotopic (exact) mass is 310 g/mol. The summed E-state index contributed by atoms with van der Waals surface area (Å²) in [4.78, 5) is -0.173. The van der Waals surface area contributed by atoms with Gasteiger partial charge in [-0.25, -0.2) is 8.42 Å². The summed E-state index contributed by atoms with van der Waals surface area (Å²) in [6.45, 7) is 1.53. The summed E-state index contributed by atoms with van der Waals surface area (Å²) in [7, 11) is -4.19. The first-order valence-corrected chi connectivity index (χ1v) is 7.39. The van der Waals surface area contributed by atoms with Crippen LogP contribution in [0.15, 0.2) is 29.2 Å². The standard InChI is InChI=1S/C12H17F3N2O2S/c1-9(2)17(8-12(13,14)15)20(18,19)11-5-3-10(7-16)4-6-11/h3-6,9H,7-8,16H2,1-2H3. The predicted molar refractivity (Wildman–Crippen MR) is 69.4 cm³/mol. The Morgan fingerprint density at radius 3 is 2.05 bits per heavy atom. The first kappa shape index (κ1) is 16.9. The van der Waals surface area contributed by atoms with Gasteiger partial charge >= 0.3 is 6.18 Å². The minimum Gasteiger partial charge on any atom is -0.326 e. The summed E-state index contributed by atoms with van der Waals surface area (Å²) in [5.74, 6) is 0. The van der Waals surface area contributed by atoms with E-state index in [2.05, 4.69) is 0 Å². The third kappa shape index (κ3) is 4.19. The Morgan fingerprint density at radius 2 is 1.70 bits per heavy atom. The lowest BCUT2D eigenvalue weighted by Gasteiger charge is -2.26. The zero-order valence-electron chi connectivity index (χ0n) is 11.2. The Kier molecular flexibility index (Phi) is 5.17. The van der Waals surface area contributed by atoms with E-state index >= 15 is 0 Å². The molecule has 0 unspecified atom stereocenters. The lowest BCUT2D eigenvalue weighted by molar-refractivity contribution is -0.138. The number of sulfonamides is 1. The smallest absolute Gasteiger partial charge is 0.326 e. The minimum absolute atomic E-state index is 0.173. The molecule has 0 heterocycles. The highest BCUT2D eigenvalue weighted by atomic mass is 32.2. The maximum atomic E-state index is 12.5. The van der Waals surface area contributed by atoms with Crippen molar-refractivity contribution < 1.29 is 21.6 Å². The van der Waals surface area contributed by atoms with Gasteiger partial charge < -0.3 is 5.73 Å². The van der Waals surface area contributed by atoms with Gasteiger partial charge in [0.05, 0.1) is 4.90 Å². The summed E-state index contributed by atoms with van der Waals surface area (Å²) in [6, 6.07) is 4.71. The van der Waals surface area contributed by atoms with Gasteiger partial charge in [0.2, 0.25) is 10.0 Å². The van der Waals surface area contributed by atoms with Crippen LogP contribution < -0.4 is 5.73 Å². The number of nitrogens with zero attached hydrogens (tertiary/aromatic N) is 1. The van der Waals surface area contributed by atoms with Gasteiger partial charge in [-0.15, -0.1) is 0 Å². The maximum Gasteiger partial charge on any atom is 0.402 e. The fourth-order valence-electron chi connectivity index (χ4n) is 1.65. The molecule has 0 saturated heterocycles. The van der Waals surface area contributed by atoms with Gasteiger partial charge in [-0.2, -0.15) is 17.5 Å². The Labute approximate surface area is 116 Å². The van der Waals surface area contributed by atoms with E-state index in [0.717, 1.165) is 0 Å². The van der Waals surface area contributed by atoms with E-state index in [1.165, 1.54) is 38.1 Å². The van der Waals surface area contributed by atoms with Crippen LogP contribution >= 0.6 is 0 Å². The molecule has 8 heteroatoms. The summed E-state index contributed by atoms with van der Waals surface area (Å²) in [5.41, 5.74) is 6.10. The second-order valence-corrected chi connectivity index (χ2v) is 6.50. The molecular formula is C12H17F3N2O2S. The zero-order chi connectivity index (χ0) is 15.6. The normalized spacial score (nSPS) is 13.2. The van der Waals surface area contributed by atoms with Crippen LogP contribution in [0.4, 0.5) is 13.2 Å². The molecule has 1 aromatic carbocycles. The molecule has 0 atom stereocenters. The highest BCUT2D eigenvalue weighted by Gasteiger charge is 2.38. The van der Waals surface area contributed by atoms with Crippen LogP contribution in [0, 0.1) is 0 Å². The molecule has 0 fully saturated rings. The van der Waals surface area contributed by atoms with E-state index in [4.69, 9.17) is 5.73 Å². The lowest BCUT2D eigenvalue weighted by atomic mass is 10.2. The van der Waals surface area contributed by atoms with Crippen LogP contribution in [0.5, 0.6) is 0 Å². The van der Waals surface area contributed by atoms with E-state index in [9.17, 15) is 21.6 Å². The van der Waals surface area contributed by atoms with Crippen molar-refractivity contribution in [2.45, 2.75) is 37.5 Å². The molecule has 0 saturated carbocycles. The number of nitrogens with two attached hydrogens (primary N) is 1. The third-order valence-corrected chi connectivity index (χ3v) is 4.71. The molecule has 0 aliphatic rings. The molecule has 2 N–H and O–H groups in total. The third-order valence-electron chi connectivity index (χ3n) is 2.68. The summed E-state index contributed by atoms with van der Waals surface area (Å²) < 4.78 is 62.5. The van der Waals surface area contributed by atoms with Gasteiger partial charge in [0.25, 0.3) is 0 Å². The van der Waals surface area contributed by atoms with Crippen molar-refractivity contribution in [1.82, 2.24) is 4.31 Å². The van der Waals surface area contributed by atoms with E-state index in [1.54, 1.807) is 0 Å². The molecule has 0 aliphatic heterocycles. The van der Waals surface area contributed by atoms with Crippen LogP contribution in [0.2, 0.25) is 0 Å². The van der Waals surface area contributed by atoms with Gasteiger partial charge in [-0.3, -0.25) is 0 Å². The number of halogens is 3. The molecule has 0 aliphatic carbocycles. The van der Waals surface area contributed by atoms with Crippen molar-refractivity contribution in [2.75, 3.05) is 6.54 Å². The molecule has 0 spiro atoms. The Balaban J connectivity index is 3.15. The van der Waals surface area contributed by atoms with Crippen molar-refractivity contribution >= 4 is 10.0 Å². The van der Waals surface area contributed by atoms with E-state index in [0.29, 0.717) is 9.87 Å². The Hall–Kier alpha value is -1.12. The van der Waals surface area contributed by atoms with Crippen molar-refractivity contribution in [3.05, 3.63) is 29.8 Å². The second kappa shape index (κ2) is 6.11. The van der Waals surface area contributed by atoms with Crippen LogP contribution in [0.25, 0.3) is 0 Å². The number of hydrogen-bond donors (Lipinski definition) is 1.